The van der Waals surface area contributed by atoms with Gasteiger partial charge in [0.05, 0.1) is 24.0 Å². The summed E-state index contributed by atoms with van der Waals surface area (Å²) in [6, 6.07) is 3.44. The highest BCUT2D eigenvalue weighted by Crippen LogP contribution is 2.52. The van der Waals surface area contributed by atoms with Gasteiger partial charge in [-0.3, -0.25) is 9.59 Å². The molecular formula is C20H22F2N4O4S2. The van der Waals surface area contributed by atoms with E-state index in [1.165, 1.54) is 17.2 Å². The molecule has 0 spiro atoms. The van der Waals surface area contributed by atoms with E-state index >= 15 is 0 Å². The molecule has 172 valence electrons. The van der Waals surface area contributed by atoms with Crippen LogP contribution in [0.2, 0.25) is 0 Å². The second kappa shape index (κ2) is 9.84. The van der Waals surface area contributed by atoms with Crippen LogP contribution in [0.3, 0.4) is 0 Å². The van der Waals surface area contributed by atoms with Crippen molar-refractivity contribution >= 4 is 41.3 Å². The average Bonchev–Trinajstić information content (AvgIpc) is 3.29. The molecule has 1 aliphatic heterocycles. The van der Waals surface area contributed by atoms with E-state index in [0.29, 0.717) is 24.3 Å². The van der Waals surface area contributed by atoms with Crippen molar-refractivity contribution in [2.75, 3.05) is 11.5 Å². The number of ether oxygens (including phenoxy) is 1. The molecule has 1 aliphatic rings. The van der Waals surface area contributed by atoms with Crippen molar-refractivity contribution in [3.63, 3.8) is 0 Å². The molecule has 0 radical (unpaired) electrons. The number of aromatic nitrogens is 1. The van der Waals surface area contributed by atoms with Crippen LogP contribution in [0.5, 0.6) is 5.06 Å². The first kappa shape index (κ1) is 24.0. The Morgan fingerprint density at radius 2 is 2.09 bits per heavy atom. The van der Waals surface area contributed by atoms with Crippen LogP contribution >= 0.6 is 23.3 Å². The third-order valence-electron chi connectivity index (χ3n) is 4.54. The third kappa shape index (κ3) is 5.19. The number of primary amides is 1. The molecule has 32 heavy (non-hydrogen) atoms. The standard InChI is InChI=1S/C20H22F2N4O4S2/c1-20(2,29)7-4-8-30-19-13(9-25-32-19)26-15(16(23)28)17(24-10-27)31-18(26)14-11(21)5-3-6-12(14)22/h3,5-6,9-10,18,29H,4,7-8H2,1-2H3,(H2,23,28)(H,24,27). The number of nitrogens with zero attached hydrogens (tertiary/aromatic N) is 2. The molecule has 0 aliphatic carbocycles. The number of aliphatic hydroxyl groups is 1. The van der Waals surface area contributed by atoms with Crippen molar-refractivity contribution in [3.05, 3.63) is 52.3 Å². The normalized spacial score (nSPS) is 16.4. The lowest BCUT2D eigenvalue weighted by molar-refractivity contribution is -0.114. The molecule has 2 amide bonds. The third-order valence-corrected chi connectivity index (χ3v) is 6.46. The second-order valence-corrected chi connectivity index (χ2v) is 9.40. The zero-order valence-electron chi connectivity index (χ0n) is 17.3. The summed E-state index contributed by atoms with van der Waals surface area (Å²) in [5.41, 5.74) is 4.54. The first-order valence-corrected chi connectivity index (χ1v) is 11.2. The number of anilines is 1. The van der Waals surface area contributed by atoms with Crippen LogP contribution in [0.4, 0.5) is 14.5 Å². The van der Waals surface area contributed by atoms with Crippen molar-refractivity contribution in [2.24, 2.45) is 5.73 Å². The van der Waals surface area contributed by atoms with Gasteiger partial charge in [0, 0.05) is 11.5 Å². The monoisotopic (exact) mass is 484 g/mol. The zero-order chi connectivity index (χ0) is 23.5. The molecule has 0 fully saturated rings. The van der Waals surface area contributed by atoms with E-state index in [4.69, 9.17) is 10.5 Å². The number of thioether (sulfide) groups is 1. The lowest BCUT2D eigenvalue weighted by atomic mass is 10.0. The minimum absolute atomic E-state index is 0.0549. The molecule has 4 N–H and O–H groups in total. The molecule has 0 saturated carbocycles. The maximum Gasteiger partial charge on any atom is 0.268 e. The molecule has 0 bridgehead atoms. The quantitative estimate of drug-likeness (QED) is 0.350. The molecule has 2 aromatic rings. The van der Waals surface area contributed by atoms with Crippen LogP contribution in [-0.2, 0) is 9.59 Å². The summed E-state index contributed by atoms with van der Waals surface area (Å²) in [5.74, 6) is -2.54. The molecule has 2 heterocycles. The summed E-state index contributed by atoms with van der Waals surface area (Å²) in [7, 11) is 0. The Morgan fingerprint density at radius 1 is 1.41 bits per heavy atom. The van der Waals surface area contributed by atoms with Gasteiger partial charge in [-0.05, 0) is 38.8 Å². The van der Waals surface area contributed by atoms with Crippen LogP contribution in [0.15, 0.2) is 35.1 Å². The lowest BCUT2D eigenvalue weighted by Crippen LogP contribution is -2.32. The molecule has 1 atom stereocenters. The fraction of sp³-hybridized carbons (Fsp3) is 0.350. The number of nitrogens with one attached hydrogen (secondary N) is 1. The topological polar surface area (TPSA) is 118 Å². The summed E-state index contributed by atoms with van der Waals surface area (Å²) in [4.78, 5) is 24.7. The van der Waals surface area contributed by atoms with Crippen LogP contribution < -0.4 is 20.7 Å². The number of hydrogen-bond acceptors (Lipinski definition) is 8. The predicted octanol–water partition coefficient (Wildman–Crippen LogP) is 3.00. The van der Waals surface area contributed by atoms with Gasteiger partial charge in [-0.2, -0.15) is 4.37 Å². The fourth-order valence-corrected chi connectivity index (χ4v) is 5.12. The predicted molar refractivity (Wildman–Crippen MR) is 118 cm³/mol. The summed E-state index contributed by atoms with van der Waals surface area (Å²) in [6.07, 6.45) is 2.78. The Labute approximate surface area is 191 Å². The average molecular weight is 485 g/mol. The molecular weight excluding hydrogens is 462 g/mol. The Morgan fingerprint density at radius 3 is 2.69 bits per heavy atom. The number of nitrogens with two attached hydrogens (primary N) is 1. The maximum absolute atomic E-state index is 14.6. The van der Waals surface area contributed by atoms with Gasteiger partial charge in [-0.15, -0.1) is 0 Å². The minimum atomic E-state index is -1.09. The van der Waals surface area contributed by atoms with E-state index in [1.807, 2.05) is 0 Å². The van der Waals surface area contributed by atoms with Gasteiger partial charge in [-0.25, -0.2) is 8.78 Å². The number of halogens is 2. The Balaban J connectivity index is 2.01. The van der Waals surface area contributed by atoms with Crippen molar-refractivity contribution in [2.45, 2.75) is 37.7 Å². The Kier molecular flexibility index (Phi) is 7.36. The van der Waals surface area contributed by atoms with Gasteiger partial charge in [0.25, 0.3) is 5.91 Å². The minimum Gasteiger partial charge on any atom is -0.481 e. The van der Waals surface area contributed by atoms with Crippen LogP contribution in [0, 0.1) is 11.6 Å². The van der Waals surface area contributed by atoms with Crippen molar-refractivity contribution in [1.29, 1.82) is 0 Å². The molecule has 1 unspecified atom stereocenters. The number of carbonyl (C=O) groups excluding carboxylic acids is 2. The highest BCUT2D eigenvalue weighted by molar-refractivity contribution is 8.03. The van der Waals surface area contributed by atoms with E-state index in [0.717, 1.165) is 35.4 Å². The SMILES string of the molecule is CC(C)(O)CCCOc1sncc1N1C(C(N)=O)=C(NC=O)SC1c1c(F)cccc1F. The van der Waals surface area contributed by atoms with Crippen LogP contribution in [-0.4, -0.2) is 34.0 Å². The highest BCUT2D eigenvalue weighted by Gasteiger charge is 2.42. The number of hydrogen-bond donors (Lipinski definition) is 3. The molecule has 0 saturated heterocycles. The highest BCUT2D eigenvalue weighted by atomic mass is 32.2. The maximum atomic E-state index is 14.6. The first-order chi connectivity index (χ1) is 15.1. The molecule has 8 nitrogen and oxygen atoms in total. The largest absolute Gasteiger partial charge is 0.481 e. The van der Waals surface area contributed by atoms with Gasteiger partial charge in [0.2, 0.25) is 11.5 Å². The van der Waals surface area contributed by atoms with E-state index in [2.05, 4.69) is 9.69 Å². The number of carbonyl (C=O) groups is 2. The van der Waals surface area contributed by atoms with Crippen molar-refractivity contribution in [1.82, 2.24) is 9.69 Å². The summed E-state index contributed by atoms with van der Waals surface area (Å²) in [5, 5.41) is 11.5. The van der Waals surface area contributed by atoms with E-state index in [9.17, 15) is 23.5 Å². The number of amides is 2. The van der Waals surface area contributed by atoms with Crippen LogP contribution in [0.1, 0.15) is 37.6 Å². The fourth-order valence-electron chi connectivity index (χ4n) is 3.17. The summed E-state index contributed by atoms with van der Waals surface area (Å²) in [6.45, 7) is 3.62. The van der Waals surface area contributed by atoms with E-state index in [1.54, 1.807) is 13.8 Å². The van der Waals surface area contributed by atoms with Crippen LogP contribution in [0.25, 0.3) is 0 Å². The number of benzene rings is 1. The van der Waals surface area contributed by atoms with Crippen molar-refractivity contribution < 1.29 is 28.2 Å². The zero-order valence-corrected chi connectivity index (χ0v) is 18.9. The lowest BCUT2D eigenvalue weighted by Gasteiger charge is -2.27. The molecule has 1 aromatic heterocycles. The molecule has 1 aromatic carbocycles. The smallest absolute Gasteiger partial charge is 0.268 e. The second-order valence-electron chi connectivity index (χ2n) is 7.54. The molecule has 3 rings (SSSR count). The van der Waals surface area contributed by atoms with Crippen molar-refractivity contribution in [3.8, 4) is 5.06 Å². The Bertz CT molecular complexity index is 1020. The van der Waals surface area contributed by atoms with Gasteiger partial charge in [0.15, 0.2) is 0 Å². The summed E-state index contributed by atoms with van der Waals surface area (Å²) >= 11 is 1.86. The van der Waals surface area contributed by atoms with Gasteiger partial charge >= 0.3 is 0 Å². The first-order valence-electron chi connectivity index (χ1n) is 9.58. The van der Waals surface area contributed by atoms with Gasteiger partial charge in [-0.1, -0.05) is 17.8 Å². The van der Waals surface area contributed by atoms with E-state index in [-0.39, 0.29) is 28.6 Å². The molecule has 12 heteroatoms. The van der Waals surface area contributed by atoms with Gasteiger partial charge < -0.3 is 25.8 Å². The Hall–Kier alpha value is -2.70. The number of rotatable bonds is 10. The van der Waals surface area contributed by atoms with E-state index < -0.39 is 28.5 Å². The van der Waals surface area contributed by atoms with Gasteiger partial charge in [0.1, 0.15) is 33.4 Å². The summed E-state index contributed by atoms with van der Waals surface area (Å²) < 4.78 is 39.2.